The number of benzene rings is 1. The molecule has 2 rings (SSSR count). The zero-order valence-electron chi connectivity index (χ0n) is 10.1. The average molecular weight is 232 g/mol. The normalized spacial score (nSPS) is 10.5. The average Bonchev–Trinajstić information content (AvgIpc) is 2.73. The molecular formula is C13H16N2O2. The van der Waals surface area contributed by atoms with Gasteiger partial charge < -0.3 is 14.9 Å². The smallest absolute Gasteiger partial charge is 0.194 e. The van der Waals surface area contributed by atoms with Crippen LogP contribution in [0.3, 0.4) is 0 Å². The van der Waals surface area contributed by atoms with Crippen LogP contribution in [0, 0.1) is 6.92 Å². The number of oxazole rings is 1. The Hall–Kier alpha value is -1.97. The van der Waals surface area contributed by atoms with Gasteiger partial charge in [0.15, 0.2) is 5.89 Å². The van der Waals surface area contributed by atoms with Crippen molar-refractivity contribution < 1.29 is 9.15 Å². The van der Waals surface area contributed by atoms with Crippen molar-refractivity contribution >= 4 is 5.69 Å². The maximum atomic E-state index is 5.84. The Kier molecular flexibility index (Phi) is 3.32. The van der Waals surface area contributed by atoms with Gasteiger partial charge in [-0.1, -0.05) is 6.07 Å². The maximum absolute atomic E-state index is 5.84. The first-order valence-electron chi connectivity index (χ1n) is 5.52. The van der Waals surface area contributed by atoms with Crippen LogP contribution in [0.1, 0.15) is 17.1 Å². The molecule has 0 bridgehead atoms. The molecule has 90 valence electrons. The first-order chi connectivity index (χ1) is 8.19. The fourth-order valence-electron chi connectivity index (χ4n) is 1.71. The second kappa shape index (κ2) is 4.91. The number of nitrogen functional groups attached to an aromatic ring is 1. The highest BCUT2D eigenvalue weighted by Gasteiger charge is 2.04. The lowest BCUT2D eigenvalue weighted by atomic mass is 10.1. The van der Waals surface area contributed by atoms with Crippen molar-refractivity contribution in [3.05, 3.63) is 41.6 Å². The van der Waals surface area contributed by atoms with E-state index < -0.39 is 0 Å². The van der Waals surface area contributed by atoms with E-state index in [4.69, 9.17) is 14.9 Å². The summed E-state index contributed by atoms with van der Waals surface area (Å²) in [7, 11) is 1.61. The van der Waals surface area contributed by atoms with E-state index in [-0.39, 0.29) is 0 Å². The molecule has 17 heavy (non-hydrogen) atoms. The summed E-state index contributed by atoms with van der Waals surface area (Å²) in [5, 5.41) is 0. The van der Waals surface area contributed by atoms with Crippen molar-refractivity contribution in [3.8, 4) is 5.75 Å². The van der Waals surface area contributed by atoms with E-state index in [0.717, 1.165) is 30.0 Å². The Morgan fingerprint density at radius 3 is 2.76 bits per heavy atom. The third-order valence-corrected chi connectivity index (χ3v) is 2.59. The van der Waals surface area contributed by atoms with Crippen LogP contribution in [0.25, 0.3) is 0 Å². The summed E-state index contributed by atoms with van der Waals surface area (Å²) in [5.74, 6) is 1.47. The van der Waals surface area contributed by atoms with Gasteiger partial charge >= 0.3 is 0 Å². The molecule has 1 heterocycles. The molecule has 0 saturated heterocycles. The van der Waals surface area contributed by atoms with Crippen molar-refractivity contribution in [2.24, 2.45) is 0 Å². The predicted molar refractivity (Wildman–Crippen MR) is 66.1 cm³/mol. The highest BCUT2D eigenvalue weighted by Crippen LogP contribution is 2.22. The predicted octanol–water partition coefficient (Wildman–Crippen LogP) is 2.36. The minimum absolute atomic E-state index is 0.661. The molecule has 1 aromatic carbocycles. The van der Waals surface area contributed by atoms with Crippen molar-refractivity contribution in [3.63, 3.8) is 0 Å². The van der Waals surface area contributed by atoms with Gasteiger partial charge in [-0.15, -0.1) is 0 Å². The third kappa shape index (κ3) is 2.78. The molecule has 4 heteroatoms. The molecule has 0 aliphatic rings. The Bertz CT molecular complexity index is 506. The molecule has 0 radical (unpaired) electrons. The Balaban J connectivity index is 2.02. The van der Waals surface area contributed by atoms with Crippen LogP contribution in [0.4, 0.5) is 5.69 Å². The largest absolute Gasteiger partial charge is 0.495 e. The SMILES string of the molecule is COc1ccc(CCc2nc(C)co2)cc1N. The molecular weight excluding hydrogens is 216 g/mol. The lowest BCUT2D eigenvalue weighted by Gasteiger charge is -2.06. The zero-order chi connectivity index (χ0) is 12.3. The molecule has 0 fully saturated rings. The Morgan fingerprint density at radius 2 is 2.18 bits per heavy atom. The highest BCUT2D eigenvalue weighted by atomic mass is 16.5. The molecule has 0 amide bonds. The number of hydrogen-bond donors (Lipinski definition) is 1. The lowest BCUT2D eigenvalue weighted by Crippen LogP contribution is -1.96. The van der Waals surface area contributed by atoms with Gasteiger partial charge in [-0.2, -0.15) is 0 Å². The minimum Gasteiger partial charge on any atom is -0.495 e. The van der Waals surface area contributed by atoms with Crippen LogP contribution in [-0.2, 0) is 12.8 Å². The summed E-state index contributed by atoms with van der Waals surface area (Å²) >= 11 is 0. The summed E-state index contributed by atoms with van der Waals surface area (Å²) in [6, 6.07) is 5.81. The van der Waals surface area contributed by atoms with E-state index in [1.165, 1.54) is 0 Å². The van der Waals surface area contributed by atoms with Gasteiger partial charge in [-0.25, -0.2) is 4.98 Å². The fraction of sp³-hybridized carbons (Fsp3) is 0.308. The number of nitrogens with zero attached hydrogens (tertiary/aromatic N) is 1. The Morgan fingerprint density at radius 1 is 1.35 bits per heavy atom. The van der Waals surface area contributed by atoms with Gasteiger partial charge in [0.05, 0.1) is 18.5 Å². The van der Waals surface area contributed by atoms with Crippen LogP contribution in [0.5, 0.6) is 5.75 Å². The van der Waals surface area contributed by atoms with E-state index >= 15 is 0 Å². The summed E-state index contributed by atoms with van der Waals surface area (Å²) in [6.07, 6.45) is 3.30. The van der Waals surface area contributed by atoms with E-state index in [9.17, 15) is 0 Å². The number of hydrogen-bond acceptors (Lipinski definition) is 4. The first-order valence-corrected chi connectivity index (χ1v) is 5.52. The van der Waals surface area contributed by atoms with Gasteiger partial charge in [-0.05, 0) is 31.0 Å². The zero-order valence-corrected chi connectivity index (χ0v) is 10.1. The molecule has 2 aromatic rings. The van der Waals surface area contributed by atoms with Crippen LogP contribution in [0.2, 0.25) is 0 Å². The molecule has 0 spiro atoms. The molecule has 1 aromatic heterocycles. The standard InChI is InChI=1S/C13H16N2O2/c1-9-8-17-13(15-9)6-4-10-3-5-12(16-2)11(14)7-10/h3,5,7-8H,4,6,14H2,1-2H3. The van der Waals surface area contributed by atoms with Gasteiger partial charge in [0.25, 0.3) is 0 Å². The van der Waals surface area contributed by atoms with Crippen LogP contribution in [0.15, 0.2) is 28.9 Å². The molecule has 0 unspecified atom stereocenters. The van der Waals surface area contributed by atoms with E-state index in [1.807, 2.05) is 25.1 Å². The van der Waals surface area contributed by atoms with Gasteiger partial charge in [0.2, 0.25) is 0 Å². The first kappa shape index (κ1) is 11.5. The number of nitrogens with two attached hydrogens (primary N) is 1. The Labute approximate surface area is 100 Å². The van der Waals surface area contributed by atoms with Crippen LogP contribution in [-0.4, -0.2) is 12.1 Å². The summed E-state index contributed by atoms with van der Waals surface area (Å²) in [4.78, 5) is 4.26. The van der Waals surface area contributed by atoms with Gasteiger partial charge in [0.1, 0.15) is 12.0 Å². The summed E-state index contributed by atoms with van der Waals surface area (Å²) in [6.45, 7) is 1.92. The summed E-state index contributed by atoms with van der Waals surface area (Å²) < 4.78 is 10.4. The molecule has 2 N–H and O–H groups in total. The molecule has 4 nitrogen and oxygen atoms in total. The number of aromatic nitrogens is 1. The molecule has 0 saturated carbocycles. The van der Waals surface area contributed by atoms with E-state index in [0.29, 0.717) is 11.4 Å². The molecule has 0 atom stereocenters. The van der Waals surface area contributed by atoms with Crippen molar-refractivity contribution in [1.29, 1.82) is 0 Å². The van der Waals surface area contributed by atoms with Crippen molar-refractivity contribution in [2.75, 3.05) is 12.8 Å². The van der Waals surface area contributed by atoms with Crippen LogP contribution >= 0.6 is 0 Å². The molecule has 0 aliphatic heterocycles. The monoisotopic (exact) mass is 232 g/mol. The van der Waals surface area contributed by atoms with Gasteiger partial charge in [0, 0.05) is 6.42 Å². The van der Waals surface area contributed by atoms with Crippen LogP contribution < -0.4 is 10.5 Å². The third-order valence-electron chi connectivity index (χ3n) is 2.59. The second-order valence-corrected chi connectivity index (χ2v) is 3.96. The van der Waals surface area contributed by atoms with Crippen molar-refractivity contribution in [1.82, 2.24) is 4.98 Å². The number of ether oxygens (including phenoxy) is 1. The number of methoxy groups -OCH3 is 1. The van der Waals surface area contributed by atoms with E-state index in [2.05, 4.69) is 4.98 Å². The highest BCUT2D eigenvalue weighted by molar-refractivity contribution is 5.54. The van der Waals surface area contributed by atoms with E-state index in [1.54, 1.807) is 13.4 Å². The topological polar surface area (TPSA) is 61.3 Å². The quantitative estimate of drug-likeness (QED) is 0.822. The number of rotatable bonds is 4. The maximum Gasteiger partial charge on any atom is 0.194 e. The number of aryl methyl sites for hydroxylation is 3. The number of anilines is 1. The lowest BCUT2D eigenvalue weighted by molar-refractivity contribution is 0.417. The van der Waals surface area contributed by atoms with Gasteiger partial charge in [-0.3, -0.25) is 0 Å². The van der Waals surface area contributed by atoms with Crippen molar-refractivity contribution in [2.45, 2.75) is 19.8 Å². The molecule has 0 aliphatic carbocycles. The fourth-order valence-corrected chi connectivity index (χ4v) is 1.71. The second-order valence-electron chi connectivity index (χ2n) is 3.96. The minimum atomic E-state index is 0.661. The summed E-state index contributed by atoms with van der Waals surface area (Å²) in [5.41, 5.74) is 8.56.